The molecule has 1 heterocycles. The van der Waals surface area contributed by atoms with E-state index in [0.29, 0.717) is 38.5 Å². The molecule has 0 unspecified atom stereocenters. The monoisotopic (exact) mass is 314 g/mol. The number of aromatic nitrogens is 2. The van der Waals surface area contributed by atoms with Gasteiger partial charge < -0.3 is 5.73 Å². The van der Waals surface area contributed by atoms with Crippen LogP contribution in [0.3, 0.4) is 0 Å². The molecular formula is C12H12Cl2N4S. The van der Waals surface area contributed by atoms with Gasteiger partial charge in [0.15, 0.2) is 0 Å². The van der Waals surface area contributed by atoms with Gasteiger partial charge in [-0.1, -0.05) is 36.0 Å². The van der Waals surface area contributed by atoms with Crippen molar-refractivity contribution < 1.29 is 0 Å². The molecule has 1 aromatic carbocycles. The molecule has 2 aromatic rings. The largest absolute Gasteiger partial charge is 0.387 e. The van der Waals surface area contributed by atoms with Crippen LogP contribution in [-0.4, -0.2) is 14.6 Å². The Kier molecular flexibility index (Phi) is 3.60. The molecule has 1 aliphatic carbocycles. The zero-order valence-electron chi connectivity index (χ0n) is 10.1. The molecule has 2 N–H and O–H groups in total. The molecule has 0 amide bonds. The van der Waals surface area contributed by atoms with Gasteiger partial charge in [-0.25, -0.2) is 4.99 Å². The van der Waals surface area contributed by atoms with Crippen LogP contribution in [0.4, 0.5) is 5.69 Å². The van der Waals surface area contributed by atoms with E-state index in [-0.39, 0.29) is 0 Å². The van der Waals surface area contributed by atoms with Crippen LogP contribution in [0.5, 0.6) is 0 Å². The average molecular weight is 315 g/mol. The number of aliphatic imine (C=N–C) groups is 1. The molecule has 1 aromatic heterocycles. The third kappa shape index (κ3) is 2.42. The Morgan fingerprint density at radius 3 is 2.63 bits per heavy atom. The van der Waals surface area contributed by atoms with E-state index in [1.165, 1.54) is 12.8 Å². The number of rotatable bonds is 2. The highest BCUT2D eigenvalue weighted by Gasteiger charge is 2.20. The Labute approximate surface area is 125 Å². The third-order valence-electron chi connectivity index (χ3n) is 3.43. The zero-order chi connectivity index (χ0) is 13.4. The molecule has 0 aliphatic heterocycles. The molecule has 0 radical (unpaired) electrons. The van der Waals surface area contributed by atoms with Crippen molar-refractivity contribution in [3.8, 4) is 0 Å². The molecule has 1 fully saturated rings. The minimum atomic E-state index is 0.355. The molecule has 0 bridgehead atoms. The van der Waals surface area contributed by atoms with E-state index in [1.807, 2.05) is 0 Å². The second-order valence-corrected chi connectivity index (χ2v) is 6.01. The van der Waals surface area contributed by atoms with Gasteiger partial charge in [0, 0.05) is 5.92 Å². The van der Waals surface area contributed by atoms with Crippen molar-refractivity contribution in [3.63, 3.8) is 0 Å². The summed E-state index contributed by atoms with van der Waals surface area (Å²) in [5.41, 5.74) is 7.94. The molecule has 0 spiro atoms. The third-order valence-corrected chi connectivity index (χ3v) is 4.54. The Morgan fingerprint density at radius 2 is 1.89 bits per heavy atom. The smallest absolute Gasteiger partial charge is 0.133 e. The maximum atomic E-state index is 6.21. The van der Waals surface area contributed by atoms with Gasteiger partial charge in [-0.15, -0.1) is 0 Å². The SMILES string of the molecule is NC(=Nc1c(Cl)cc(Cl)c2nsnc12)C1CCCC1. The normalized spacial score (nSPS) is 17.5. The molecule has 100 valence electrons. The minimum Gasteiger partial charge on any atom is -0.387 e. The number of nitrogens with zero attached hydrogens (tertiary/aromatic N) is 3. The highest BCUT2D eigenvalue weighted by molar-refractivity contribution is 7.00. The fourth-order valence-electron chi connectivity index (χ4n) is 2.41. The van der Waals surface area contributed by atoms with Crippen molar-refractivity contribution in [1.82, 2.24) is 8.75 Å². The average Bonchev–Trinajstić information content (AvgIpc) is 3.04. The van der Waals surface area contributed by atoms with Crippen molar-refractivity contribution in [1.29, 1.82) is 0 Å². The van der Waals surface area contributed by atoms with Crippen LogP contribution in [0.15, 0.2) is 11.1 Å². The van der Waals surface area contributed by atoms with E-state index >= 15 is 0 Å². The maximum Gasteiger partial charge on any atom is 0.133 e. The van der Waals surface area contributed by atoms with E-state index in [9.17, 15) is 0 Å². The van der Waals surface area contributed by atoms with Crippen LogP contribution in [-0.2, 0) is 0 Å². The van der Waals surface area contributed by atoms with Crippen molar-refractivity contribution in [2.75, 3.05) is 0 Å². The molecule has 3 rings (SSSR count). The topological polar surface area (TPSA) is 64.2 Å². The molecule has 7 heteroatoms. The van der Waals surface area contributed by atoms with Crippen LogP contribution in [0.2, 0.25) is 10.0 Å². The lowest BCUT2D eigenvalue weighted by Crippen LogP contribution is -2.20. The molecule has 1 saturated carbocycles. The highest BCUT2D eigenvalue weighted by Crippen LogP contribution is 2.38. The number of amidine groups is 1. The Hall–Kier alpha value is -0.910. The van der Waals surface area contributed by atoms with Gasteiger partial charge in [0.1, 0.15) is 22.6 Å². The summed E-state index contributed by atoms with van der Waals surface area (Å²) in [6, 6.07) is 1.65. The first-order chi connectivity index (χ1) is 9.16. The van der Waals surface area contributed by atoms with Crippen molar-refractivity contribution >= 4 is 57.5 Å². The van der Waals surface area contributed by atoms with E-state index < -0.39 is 0 Å². The fraction of sp³-hybridized carbons (Fsp3) is 0.417. The summed E-state index contributed by atoms with van der Waals surface area (Å²) in [6.45, 7) is 0. The summed E-state index contributed by atoms with van der Waals surface area (Å²) in [5, 5.41) is 0.957. The van der Waals surface area contributed by atoms with Crippen LogP contribution in [0.1, 0.15) is 25.7 Å². The minimum absolute atomic E-state index is 0.355. The molecule has 0 atom stereocenters. The lowest BCUT2D eigenvalue weighted by Gasteiger charge is -2.09. The summed E-state index contributed by atoms with van der Waals surface area (Å²) in [5.74, 6) is 0.990. The van der Waals surface area contributed by atoms with Crippen LogP contribution in [0.25, 0.3) is 11.0 Å². The van der Waals surface area contributed by atoms with Gasteiger partial charge in [0.25, 0.3) is 0 Å². The number of hydrogen-bond acceptors (Lipinski definition) is 4. The van der Waals surface area contributed by atoms with Crippen LogP contribution in [0, 0.1) is 5.92 Å². The molecule has 0 saturated heterocycles. The number of benzene rings is 1. The Balaban J connectivity index is 2.09. The van der Waals surface area contributed by atoms with E-state index in [4.69, 9.17) is 28.9 Å². The number of halogens is 2. The number of nitrogens with two attached hydrogens (primary N) is 1. The summed E-state index contributed by atoms with van der Waals surface area (Å²) in [4.78, 5) is 4.49. The van der Waals surface area contributed by atoms with Gasteiger partial charge in [-0.05, 0) is 18.9 Å². The summed E-state index contributed by atoms with van der Waals surface area (Å²) in [6.07, 6.45) is 4.61. The first kappa shape index (κ1) is 13.1. The van der Waals surface area contributed by atoms with E-state index in [0.717, 1.165) is 24.6 Å². The first-order valence-corrected chi connectivity index (χ1v) is 7.59. The van der Waals surface area contributed by atoms with Gasteiger partial charge in [-0.3, -0.25) is 0 Å². The van der Waals surface area contributed by atoms with Gasteiger partial charge in [-0.2, -0.15) is 8.75 Å². The van der Waals surface area contributed by atoms with Gasteiger partial charge >= 0.3 is 0 Å². The lowest BCUT2D eigenvalue weighted by atomic mass is 10.1. The van der Waals surface area contributed by atoms with Crippen LogP contribution >= 0.6 is 34.9 Å². The van der Waals surface area contributed by atoms with Crippen molar-refractivity contribution in [2.24, 2.45) is 16.6 Å². The fourth-order valence-corrected chi connectivity index (χ4v) is 3.56. The molecule has 4 nitrogen and oxygen atoms in total. The quantitative estimate of drug-likeness (QED) is 0.668. The molecule has 19 heavy (non-hydrogen) atoms. The number of fused-ring (bicyclic) bond motifs is 1. The first-order valence-electron chi connectivity index (χ1n) is 6.11. The molecule has 1 aliphatic rings. The van der Waals surface area contributed by atoms with Crippen molar-refractivity contribution in [3.05, 3.63) is 16.1 Å². The second-order valence-electron chi connectivity index (χ2n) is 4.67. The summed E-state index contributed by atoms with van der Waals surface area (Å²) >= 11 is 13.4. The molecular weight excluding hydrogens is 303 g/mol. The number of hydrogen-bond donors (Lipinski definition) is 1. The predicted octanol–water partition coefficient (Wildman–Crippen LogP) is 4.18. The standard InChI is InChI=1S/C12H12Cl2N4S/c13-7-5-8(14)10-11(18-19-17-10)9(7)16-12(15)6-3-1-2-4-6/h5-6H,1-4H2,(H2,15,16). The van der Waals surface area contributed by atoms with Gasteiger partial charge in [0.05, 0.1) is 21.8 Å². The Bertz CT molecular complexity index is 646. The van der Waals surface area contributed by atoms with Crippen molar-refractivity contribution in [2.45, 2.75) is 25.7 Å². The predicted molar refractivity (Wildman–Crippen MR) is 80.7 cm³/mol. The highest BCUT2D eigenvalue weighted by atomic mass is 35.5. The Morgan fingerprint density at radius 1 is 1.21 bits per heavy atom. The summed E-state index contributed by atoms with van der Waals surface area (Å²) in [7, 11) is 0. The zero-order valence-corrected chi connectivity index (χ0v) is 12.4. The van der Waals surface area contributed by atoms with E-state index in [1.54, 1.807) is 6.07 Å². The second kappa shape index (κ2) is 5.23. The summed E-state index contributed by atoms with van der Waals surface area (Å²) < 4.78 is 8.37. The lowest BCUT2D eigenvalue weighted by molar-refractivity contribution is 0.722. The van der Waals surface area contributed by atoms with E-state index in [2.05, 4.69) is 13.7 Å². The maximum absolute atomic E-state index is 6.21. The van der Waals surface area contributed by atoms with Crippen LogP contribution < -0.4 is 5.73 Å². The van der Waals surface area contributed by atoms with Gasteiger partial charge in [0.2, 0.25) is 0 Å².